The lowest BCUT2D eigenvalue weighted by Gasteiger charge is -2.22. The minimum atomic E-state index is -4.08. The Bertz CT molecular complexity index is 805. The van der Waals surface area contributed by atoms with Crippen molar-refractivity contribution in [3.63, 3.8) is 0 Å². The van der Waals surface area contributed by atoms with E-state index in [0.717, 1.165) is 5.06 Å². The summed E-state index contributed by atoms with van der Waals surface area (Å²) in [4.78, 5) is 28.9. The van der Waals surface area contributed by atoms with Crippen LogP contribution in [-0.4, -0.2) is 69.1 Å². The first-order chi connectivity index (χ1) is 13.5. The van der Waals surface area contributed by atoms with E-state index in [2.05, 4.69) is 10.1 Å². The molecule has 0 saturated heterocycles. The number of nitrogens with one attached hydrogen (secondary N) is 1. The van der Waals surface area contributed by atoms with Crippen LogP contribution < -0.4 is 10.1 Å². The number of para-hydroxylation sites is 1. The summed E-state index contributed by atoms with van der Waals surface area (Å²) in [6.45, 7) is -1.53. The summed E-state index contributed by atoms with van der Waals surface area (Å²) in [7, 11) is -1.49. The van der Waals surface area contributed by atoms with Crippen LogP contribution in [0.3, 0.4) is 0 Å². The van der Waals surface area contributed by atoms with Gasteiger partial charge in [-0.05, 0) is 12.5 Å². The van der Waals surface area contributed by atoms with Crippen LogP contribution in [-0.2, 0) is 30.0 Å². The molecule has 1 rings (SSSR count). The van der Waals surface area contributed by atoms with Crippen molar-refractivity contribution in [1.29, 1.82) is 0 Å². The third-order valence-electron chi connectivity index (χ3n) is 3.89. The van der Waals surface area contributed by atoms with E-state index in [1.807, 2.05) is 0 Å². The lowest BCUT2D eigenvalue weighted by molar-refractivity contribution is -0.172. The third-order valence-corrected chi connectivity index (χ3v) is 5.46. The number of alkyl halides is 2. The first-order valence-electron chi connectivity index (χ1n) is 8.54. The minimum absolute atomic E-state index is 0.0382. The zero-order valence-corrected chi connectivity index (χ0v) is 17.0. The molecule has 0 saturated carbocycles. The fourth-order valence-corrected chi connectivity index (χ4v) is 3.82. The highest BCUT2D eigenvalue weighted by atomic mass is 32.2. The molecule has 29 heavy (non-hydrogen) atoms. The van der Waals surface area contributed by atoms with Crippen molar-refractivity contribution in [1.82, 2.24) is 10.4 Å². The summed E-state index contributed by atoms with van der Waals surface area (Å²) < 4.78 is 53.8. The van der Waals surface area contributed by atoms with Crippen molar-refractivity contribution in [2.45, 2.75) is 37.9 Å². The van der Waals surface area contributed by atoms with Gasteiger partial charge in [0.25, 0.3) is 11.8 Å². The monoisotopic (exact) mass is 438 g/mol. The van der Waals surface area contributed by atoms with E-state index in [-0.39, 0.29) is 17.7 Å². The molecule has 1 aromatic carbocycles. The van der Waals surface area contributed by atoms with E-state index < -0.39 is 51.9 Å². The molecule has 2 unspecified atom stereocenters. The van der Waals surface area contributed by atoms with Crippen LogP contribution in [0.15, 0.2) is 24.3 Å². The molecule has 2 N–H and O–H groups in total. The maximum Gasteiger partial charge on any atom is 0.387 e. The van der Waals surface area contributed by atoms with Gasteiger partial charge >= 0.3 is 6.61 Å². The van der Waals surface area contributed by atoms with Gasteiger partial charge in [-0.3, -0.25) is 14.4 Å². The summed E-state index contributed by atoms with van der Waals surface area (Å²) in [6.07, 6.45) is -1.78. The van der Waals surface area contributed by atoms with Gasteiger partial charge in [0.2, 0.25) is 0 Å². The van der Waals surface area contributed by atoms with Gasteiger partial charge in [-0.2, -0.15) is 8.78 Å². The van der Waals surface area contributed by atoms with Crippen molar-refractivity contribution in [2.75, 3.05) is 19.9 Å². The molecular weight excluding hydrogens is 414 g/mol. The molecule has 0 radical (unpaired) electrons. The van der Waals surface area contributed by atoms with E-state index in [0.29, 0.717) is 0 Å². The van der Waals surface area contributed by atoms with Crippen LogP contribution in [0.1, 0.15) is 18.9 Å². The fourth-order valence-electron chi connectivity index (χ4n) is 2.36. The largest absolute Gasteiger partial charge is 0.435 e. The van der Waals surface area contributed by atoms with E-state index in [1.54, 1.807) is 6.92 Å². The predicted molar refractivity (Wildman–Crippen MR) is 98.6 cm³/mol. The predicted octanol–water partition coefficient (Wildman–Crippen LogP) is 0.478. The molecule has 0 aromatic heterocycles. The van der Waals surface area contributed by atoms with Crippen molar-refractivity contribution < 1.29 is 41.5 Å². The van der Waals surface area contributed by atoms with E-state index >= 15 is 0 Å². The maximum atomic E-state index is 12.4. The normalized spacial score (nSPS) is 13.6. The number of aliphatic hydroxyl groups excluding tert-OH is 1. The molecule has 1 aromatic rings. The molecule has 0 aliphatic rings. The Balaban J connectivity index is 2.81. The number of sulfone groups is 1. The smallest absolute Gasteiger partial charge is 0.387 e. The van der Waals surface area contributed by atoms with Crippen molar-refractivity contribution in [3.05, 3.63) is 29.8 Å². The molecule has 9 nitrogen and oxygen atoms in total. The van der Waals surface area contributed by atoms with Gasteiger partial charge in [0.05, 0.1) is 18.6 Å². The van der Waals surface area contributed by atoms with Crippen molar-refractivity contribution >= 4 is 21.7 Å². The average molecular weight is 438 g/mol. The molecule has 0 heterocycles. The number of likely N-dealkylation sites (N-methyl/N-ethyl adjacent to an activating group) is 1. The molecule has 0 spiro atoms. The van der Waals surface area contributed by atoms with Crippen LogP contribution in [0, 0.1) is 0 Å². The number of nitrogens with zero attached hydrogens (tertiary/aromatic N) is 1. The van der Waals surface area contributed by atoms with Gasteiger partial charge in [0, 0.05) is 12.6 Å². The lowest BCUT2D eigenvalue weighted by Crippen LogP contribution is -2.50. The Morgan fingerprint density at radius 3 is 2.45 bits per heavy atom. The Hall–Kier alpha value is -2.31. The van der Waals surface area contributed by atoms with Crippen LogP contribution in [0.4, 0.5) is 8.78 Å². The molecule has 12 heteroatoms. The first kappa shape index (κ1) is 24.7. The van der Waals surface area contributed by atoms with Gasteiger partial charge in [0.15, 0.2) is 9.84 Å². The summed E-state index contributed by atoms with van der Waals surface area (Å²) in [5.74, 6) is -3.65. The standard InChI is InChI=1S/C17H24F2N2O7S/c1-4-12(16(24)21(2)27-3)20-15(23)13(22)10-29(25,26)9-11-7-5-6-8-14(11)28-17(18)19/h5-8,12-13,17,22H,4,9-10H2,1-3H3,(H,20,23). The van der Waals surface area contributed by atoms with Crippen LogP contribution in [0.5, 0.6) is 5.75 Å². The zero-order valence-electron chi connectivity index (χ0n) is 16.2. The number of hydroxylamine groups is 2. The van der Waals surface area contributed by atoms with Gasteiger partial charge in [-0.1, -0.05) is 25.1 Å². The summed E-state index contributed by atoms with van der Waals surface area (Å²) >= 11 is 0. The topological polar surface area (TPSA) is 122 Å². The first-order valence-corrected chi connectivity index (χ1v) is 10.4. The van der Waals surface area contributed by atoms with Crippen LogP contribution in [0.2, 0.25) is 0 Å². The molecule has 0 bridgehead atoms. The SMILES string of the molecule is CCC(NC(=O)C(O)CS(=O)(=O)Cc1ccccc1OC(F)F)C(=O)N(C)OC. The molecule has 2 atom stereocenters. The van der Waals surface area contributed by atoms with Gasteiger partial charge in [0.1, 0.15) is 17.9 Å². The molecule has 0 aliphatic heterocycles. The fraction of sp³-hybridized carbons (Fsp3) is 0.529. The second-order valence-corrected chi connectivity index (χ2v) is 8.15. The van der Waals surface area contributed by atoms with E-state index in [4.69, 9.17) is 4.84 Å². The van der Waals surface area contributed by atoms with Gasteiger partial charge < -0.3 is 15.2 Å². The Morgan fingerprint density at radius 1 is 1.28 bits per heavy atom. The number of ether oxygens (including phenoxy) is 1. The number of hydrogen-bond acceptors (Lipinski definition) is 7. The van der Waals surface area contributed by atoms with Crippen molar-refractivity contribution in [3.8, 4) is 5.75 Å². The van der Waals surface area contributed by atoms with Gasteiger partial charge in [-0.25, -0.2) is 13.5 Å². The molecule has 0 fully saturated rings. The maximum absolute atomic E-state index is 12.4. The lowest BCUT2D eigenvalue weighted by atomic mass is 10.2. The second-order valence-electron chi connectivity index (χ2n) is 6.04. The van der Waals surface area contributed by atoms with E-state index in [1.165, 1.54) is 38.4 Å². The van der Waals surface area contributed by atoms with Crippen LogP contribution >= 0.6 is 0 Å². The van der Waals surface area contributed by atoms with Crippen molar-refractivity contribution in [2.24, 2.45) is 0 Å². The highest BCUT2D eigenvalue weighted by Crippen LogP contribution is 2.23. The molecule has 2 amide bonds. The number of amides is 2. The Labute approximate surface area is 167 Å². The molecule has 164 valence electrons. The number of hydrogen-bond donors (Lipinski definition) is 2. The van der Waals surface area contributed by atoms with Gasteiger partial charge in [-0.15, -0.1) is 0 Å². The second kappa shape index (κ2) is 11.0. The van der Waals surface area contributed by atoms with Crippen LogP contribution in [0.25, 0.3) is 0 Å². The number of rotatable bonds is 11. The summed E-state index contributed by atoms with van der Waals surface area (Å²) in [6, 6.07) is 4.29. The highest BCUT2D eigenvalue weighted by molar-refractivity contribution is 7.90. The Kier molecular flexibility index (Phi) is 9.40. The highest BCUT2D eigenvalue weighted by Gasteiger charge is 2.29. The number of carbonyl (C=O) groups excluding carboxylic acids is 2. The number of carbonyl (C=O) groups is 2. The minimum Gasteiger partial charge on any atom is -0.435 e. The quantitative estimate of drug-likeness (QED) is 0.482. The summed E-state index contributed by atoms with van der Waals surface area (Å²) in [5, 5.41) is 13.1. The summed E-state index contributed by atoms with van der Waals surface area (Å²) in [5.41, 5.74) is -0.0382. The number of aliphatic hydroxyl groups is 1. The zero-order chi connectivity index (χ0) is 22.2. The van der Waals surface area contributed by atoms with E-state index in [9.17, 15) is 31.9 Å². The Morgan fingerprint density at radius 2 is 1.90 bits per heavy atom. The third kappa shape index (κ3) is 7.91. The molecule has 0 aliphatic carbocycles. The molecular formula is C17H24F2N2O7S. The number of benzene rings is 1. The average Bonchev–Trinajstić information content (AvgIpc) is 2.65. The number of halogens is 2.